The van der Waals surface area contributed by atoms with E-state index < -0.39 is 0 Å². The number of carbonyl (C=O) groups excluding carboxylic acids is 1. The van der Waals surface area contributed by atoms with E-state index in [0.717, 1.165) is 16.6 Å². The van der Waals surface area contributed by atoms with Gasteiger partial charge in [0.1, 0.15) is 5.69 Å². The van der Waals surface area contributed by atoms with Gasteiger partial charge in [0.15, 0.2) is 5.13 Å². The molecule has 0 bridgehead atoms. The Morgan fingerprint density at radius 3 is 2.48 bits per heavy atom. The third-order valence-corrected chi connectivity index (χ3v) is 4.90. The Hall–Kier alpha value is -2.34. The molecule has 23 heavy (non-hydrogen) atoms. The van der Waals surface area contributed by atoms with E-state index >= 15 is 0 Å². The van der Waals surface area contributed by atoms with Crippen molar-refractivity contribution >= 4 is 17.2 Å². The highest BCUT2D eigenvalue weighted by molar-refractivity contribution is 7.14. The molecule has 0 fully saturated rings. The van der Waals surface area contributed by atoms with Crippen LogP contribution in [0.3, 0.4) is 0 Å². The summed E-state index contributed by atoms with van der Waals surface area (Å²) in [6, 6.07) is 7.85. The highest BCUT2D eigenvalue weighted by atomic mass is 32.1. The van der Waals surface area contributed by atoms with E-state index in [1.165, 1.54) is 0 Å². The molecule has 0 aromatic carbocycles. The molecule has 3 rings (SSSR count). The van der Waals surface area contributed by atoms with Crippen LogP contribution in [0.15, 0.2) is 49.1 Å². The Bertz CT molecular complexity index is 757. The summed E-state index contributed by atoms with van der Waals surface area (Å²) in [5.74, 6) is 0.164. The van der Waals surface area contributed by atoms with Crippen LogP contribution < -0.4 is 5.32 Å². The number of amides is 1. The fourth-order valence-electron chi connectivity index (χ4n) is 2.35. The van der Waals surface area contributed by atoms with E-state index in [9.17, 15) is 4.79 Å². The van der Waals surface area contributed by atoms with Gasteiger partial charge in [-0.2, -0.15) is 0 Å². The van der Waals surface area contributed by atoms with Gasteiger partial charge in [-0.1, -0.05) is 13.8 Å². The van der Waals surface area contributed by atoms with Gasteiger partial charge in [0, 0.05) is 42.8 Å². The molecule has 0 unspecified atom stereocenters. The number of carbonyl (C=O) groups is 1. The van der Waals surface area contributed by atoms with Crippen LogP contribution in [0.5, 0.6) is 0 Å². The van der Waals surface area contributed by atoms with Crippen molar-refractivity contribution in [2.45, 2.75) is 26.3 Å². The SMILES string of the molecule is CC(C)c1sc(-n2cccc2)nc1C(=O)NCCn1cccc1. The maximum absolute atomic E-state index is 12.5. The van der Waals surface area contributed by atoms with Crippen LogP contribution in [-0.4, -0.2) is 26.6 Å². The molecule has 0 aliphatic heterocycles. The quantitative estimate of drug-likeness (QED) is 0.755. The third kappa shape index (κ3) is 3.53. The summed E-state index contributed by atoms with van der Waals surface area (Å²) in [6.45, 7) is 5.51. The van der Waals surface area contributed by atoms with Gasteiger partial charge in [0.2, 0.25) is 0 Å². The normalized spacial score (nSPS) is 11.1. The molecular weight excluding hydrogens is 308 g/mol. The van der Waals surface area contributed by atoms with E-state index in [4.69, 9.17) is 0 Å². The molecule has 0 radical (unpaired) electrons. The first-order valence-electron chi connectivity index (χ1n) is 7.68. The maximum Gasteiger partial charge on any atom is 0.271 e. The molecule has 3 aromatic rings. The van der Waals surface area contributed by atoms with Crippen LogP contribution in [0.4, 0.5) is 0 Å². The van der Waals surface area contributed by atoms with E-state index in [1.54, 1.807) is 11.3 Å². The molecule has 0 aliphatic carbocycles. The molecule has 0 aliphatic rings. The average Bonchev–Trinajstić information content (AvgIpc) is 3.27. The summed E-state index contributed by atoms with van der Waals surface area (Å²) < 4.78 is 3.98. The number of nitrogens with zero attached hydrogens (tertiary/aromatic N) is 3. The zero-order chi connectivity index (χ0) is 16.2. The number of nitrogens with one attached hydrogen (secondary N) is 1. The molecular formula is C17H20N4OS. The monoisotopic (exact) mass is 328 g/mol. The van der Waals surface area contributed by atoms with Crippen molar-refractivity contribution in [3.05, 3.63) is 59.6 Å². The number of hydrogen-bond acceptors (Lipinski definition) is 3. The fourth-order valence-corrected chi connectivity index (χ4v) is 3.38. The van der Waals surface area contributed by atoms with Crippen molar-refractivity contribution in [2.75, 3.05) is 6.54 Å². The summed E-state index contributed by atoms with van der Waals surface area (Å²) >= 11 is 1.57. The molecule has 0 atom stereocenters. The molecule has 0 saturated carbocycles. The van der Waals surface area contributed by atoms with E-state index in [2.05, 4.69) is 24.1 Å². The van der Waals surface area contributed by atoms with Crippen LogP contribution in [0.2, 0.25) is 0 Å². The van der Waals surface area contributed by atoms with Crippen molar-refractivity contribution in [3.8, 4) is 5.13 Å². The lowest BCUT2D eigenvalue weighted by molar-refractivity contribution is 0.0946. The lowest BCUT2D eigenvalue weighted by atomic mass is 10.1. The van der Waals surface area contributed by atoms with Gasteiger partial charge in [0.05, 0.1) is 0 Å². The second kappa shape index (κ2) is 6.83. The lowest BCUT2D eigenvalue weighted by Gasteiger charge is -2.07. The molecule has 1 amide bonds. The van der Waals surface area contributed by atoms with Gasteiger partial charge in [0.25, 0.3) is 5.91 Å². The fraction of sp³-hybridized carbons (Fsp3) is 0.294. The second-order valence-electron chi connectivity index (χ2n) is 5.63. The zero-order valence-corrected chi connectivity index (χ0v) is 14.1. The molecule has 3 aromatic heterocycles. The number of rotatable bonds is 6. The summed E-state index contributed by atoms with van der Waals surface area (Å²) in [5.41, 5.74) is 0.543. The predicted molar refractivity (Wildman–Crippen MR) is 92.3 cm³/mol. The first-order chi connectivity index (χ1) is 11.1. The highest BCUT2D eigenvalue weighted by Gasteiger charge is 2.20. The minimum Gasteiger partial charge on any atom is -0.353 e. The topological polar surface area (TPSA) is 51.9 Å². The molecule has 1 N–H and O–H groups in total. The van der Waals surface area contributed by atoms with Gasteiger partial charge in [-0.25, -0.2) is 4.98 Å². The molecule has 120 valence electrons. The zero-order valence-electron chi connectivity index (χ0n) is 13.3. The molecule has 6 heteroatoms. The average molecular weight is 328 g/mol. The van der Waals surface area contributed by atoms with Crippen molar-refractivity contribution in [3.63, 3.8) is 0 Å². The number of aromatic nitrogens is 3. The minimum atomic E-state index is -0.101. The van der Waals surface area contributed by atoms with Crippen LogP contribution in [0, 0.1) is 0 Å². The van der Waals surface area contributed by atoms with Crippen LogP contribution in [0.25, 0.3) is 5.13 Å². The highest BCUT2D eigenvalue weighted by Crippen LogP contribution is 2.28. The lowest BCUT2D eigenvalue weighted by Crippen LogP contribution is -2.28. The van der Waals surface area contributed by atoms with Gasteiger partial charge in [-0.15, -0.1) is 11.3 Å². The third-order valence-electron chi connectivity index (χ3n) is 3.53. The Balaban J connectivity index is 1.73. The Labute approximate surface area is 139 Å². The Kier molecular flexibility index (Phi) is 4.62. The van der Waals surface area contributed by atoms with E-state index in [0.29, 0.717) is 12.2 Å². The van der Waals surface area contributed by atoms with E-state index in [-0.39, 0.29) is 11.8 Å². The van der Waals surface area contributed by atoms with Gasteiger partial charge < -0.3 is 14.5 Å². The van der Waals surface area contributed by atoms with Crippen molar-refractivity contribution in [1.82, 2.24) is 19.4 Å². The Morgan fingerprint density at radius 1 is 1.17 bits per heavy atom. The maximum atomic E-state index is 12.5. The second-order valence-corrected chi connectivity index (χ2v) is 6.64. The summed E-state index contributed by atoms with van der Waals surface area (Å²) in [7, 11) is 0. The van der Waals surface area contributed by atoms with Crippen LogP contribution in [0.1, 0.15) is 35.1 Å². The van der Waals surface area contributed by atoms with Crippen molar-refractivity contribution < 1.29 is 4.79 Å². The van der Waals surface area contributed by atoms with Crippen molar-refractivity contribution in [1.29, 1.82) is 0 Å². The summed E-state index contributed by atoms with van der Waals surface area (Å²) in [6.07, 6.45) is 7.85. The van der Waals surface area contributed by atoms with Gasteiger partial charge in [-0.3, -0.25) is 4.79 Å². The number of hydrogen-bond donors (Lipinski definition) is 1. The van der Waals surface area contributed by atoms with Crippen molar-refractivity contribution in [2.24, 2.45) is 0 Å². The van der Waals surface area contributed by atoms with Gasteiger partial charge in [-0.05, 0) is 30.2 Å². The minimum absolute atomic E-state index is 0.101. The first-order valence-corrected chi connectivity index (χ1v) is 8.50. The smallest absolute Gasteiger partial charge is 0.271 e. The predicted octanol–water partition coefficient (Wildman–Crippen LogP) is 3.29. The molecule has 5 nitrogen and oxygen atoms in total. The number of thiazole rings is 1. The summed E-state index contributed by atoms with van der Waals surface area (Å²) in [4.78, 5) is 18.1. The molecule has 0 saturated heterocycles. The largest absolute Gasteiger partial charge is 0.353 e. The standard InChI is InChI=1S/C17H20N4OS/c1-13(2)15-14(19-17(23-15)21-10-5-6-11-21)16(22)18-7-12-20-8-3-4-9-20/h3-6,8-11,13H,7,12H2,1-2H3,(H,18,22). The molecule has 3 heterocycles. The summed E-state index contributed by atoms with van der Waals surface area (Å²) in [5, 5.41) is 3.79. The van der Waals surface area contributed by atoms with Crippen LogP contribution >= 0.6 is 11.3 Å². The Morgan fingerprint density at radius 2 is 1.83 bits per heavy atom. The molecule has 0 spiro atoms. The first kappa shape index (κ1) is 15.6. The van der Waals surface area contributed by atoms with Gasteiger partial charge >= 0.3 is 0 Å². The van der Waals surface area contributed by atoms with Crippen LogP contribution in [-0.2, 0) is 6.54 Å². The van der Waals surface area contributed by atoms with E-state index in [1.807, 2.05) is 58.2 Å².